The summed E-state index contributed by atoms with van der Waals surface area (Å²) >= 11 is 4.92. The number of ether oxygens (including phenoxy) is 1. The van der Waals surface area contributed by atoms with Crippen molar-refractivity contribution in [3.8, 4) is 5.69 Å². The van der Waals surface area contributed by atoms with Gasteiger partial charge < -0.3 is 9.94 Å². The van der Waals surface area contributed by atoms with Gasteiger partial charge in [-0.15, -0.1) is 0 Å². The average molecular weight is 400 g/mol. The van der Waals surface area contributed by atoms with E-state index in [-0.39, 0.29) is 10.5 Å². The Hall–Kier alpha value is -3.15. The summed E-state index contributed by atoms with van der Waals surface area (Å²) in [5.74, 6) is -3.70. The summed E-state index contributed by atoms with van der Waals surface area (Å²) in [5, 5.41) is 11.3. The second-order valence-electron chi connectivity index (χ2n) is 5.50. The van der Waals surface area contributed by atoms with E-state index in [1.165, 1.54) is 21.0 Å². The number of hydrogen-bond donors (Lipinski definition) is 1. The highest BCUT2D eigenvalue weighted by Gasteiger charge is 2.21. The number of rotatable bonds is 4. The van der Waals surface area contributed by atoms with Crippen molar-refractivity contribution in [2.75, 3.05) is 6.61 Å². The van der Waals surface area contributed by atoms with Gasteiger partial charge in [0.05, 0.1) is 17.0 Å². The van der Waals surface area contributed by atoms with E-state index in [0.29, 0.717) is 16.7 Å². The first-order chi connectivity index (χ1) is 12.6. The Kier molecular flexibility index (Phi) is 5.69. The molecule has 0 bridgehead atoms. The number of nitrogens with zero attached hydrogens (tertiary/aromatic N) is 4. The molecule has 0 aliphatic rings. The van der Waals surface area contributed by atoms with Crippen molar-refractivity contribution in [1.29, 1.82) is 0 Å². The van der Waals surface area contributed by atoms with Gasteiger partial charge in [-0.2, -0.15) is 0 Å². The van der Waals surface area contributed by atoms with Crippen LogP contribution in [0.5, 0.6) is 0 Å². The third kappa shape index (κ3) is 3.69. The number of esters is 1. The number of benzene rings is 1. The van der Waals surface area contributed by atoms with Gasteiger partial charge in [0.15, 0.2) is 10.6 Å². The molecule has 1 aromatic heterocycles. The molecule has 0 unspecified atom stereocenters. The normalized spacial score (nSPS) is 11.5. The first kappa shape index (κ1) is 20.2. The summed E-state index contributed by atoms with van der Waals surface area (Å²) in [4.78, 5) is 36.7. The van der Waals surface area contributed by atoms with Crippen LogP contribution < -0.4 is 11.4 Å². The molecule has 2 aromatic rings. The van der Waals surface area contributed by atoms with Crippen LogP contribution in [-0.4, -0.2) is 37.2 Å². The quantitative estimate of drug-likeness (QED) is 0.269. The minimum atomic E-state index is -1.26. The Labute approximate surface area is 155 Å². The van der Waals surface area contributed by atoms with E-state index in [1.807, 2.05) is 0 Å². The van der Waals surface area contributed by atoms with Crippen LogP contribution in [0.25, 0.3) is 5.69 Å². The molecule has 144 valence electrons. The predicted molar refractivity (Wildman–Crippen MR) is 92.2 cm³/mol. The largest absolute Gasteiger partial charge is 0.456 e. The van der Waals surface area contributed by atoms with Crippen LogP contribution in [0.2, 0.25) is 0 Å². The van der Waals surface area contributed by atoms with E-state index in [4.69, 9.17) is 22.2 Å². The lowest BCUT2D eigenvalue weighted by Crippen LogP contribution is -2.44. The van der Waals surface area contributed by atoms with Crippen molar-refractivity contribution in [3.63, 3.8) is 0 Å². The maximum atomic E-state index is 14.3. The fraction of sp³-hybridized carbons (Fsp3) is 0.267. The number of aromatic nitrogens is 3. The molecule has 0 atom stereocenters. The Morgan fingerprint density at radius 3 is 2.26 bits per heavy atom. The molecular formula is C15H14F2N4O5S. The van der Waals surface area contributed by atoms with Crippen molar-refractivity contribution in [2.45, 2.75) is 6.92 Å². The highest BCUT2D eigenvalue weighted by Crippen LogP contribution is 2.18. The van der Waals surface area contributed by atoms with Crippen molar-refractivity contribution >= 4 is 23.9 Å². The number of oxime groups is 1. The number of hydrogen-bond acceptors (Lipinski definition) is 7. The molecule has 0 amide bonds. The molecule has 27 heavy (non-hydrogen) atoms. The molecule has 9 nitrogen and oxygen atoms in total. The third-order valence-corrected chi connectivity index (χ3v) is 4.16. The maximum Gasteiger partial charge on any atom is 0.341 e. The van der Waals surface area contributed by atoms with E-state index in [0.717, 1.165) is 9.13 Å². The molecule has 0 radical (unpaired) electrons. The summed E-state index contributed by atoms with van der Waals surface area (Å²) in [6.07, 6.45) is 0. The summed E-state index contributed by atoms with van der Waals surface area (Å²) in [6, 6.07) is 1.04. The van der Waals surface area contributed by atoms with Crippen LogP contribution in [-0.2, 0) is 18.8 Å². The van der Waals surface area contributed by atoms with E-state index in [1.54, 1.807) is 0 Å². The molecule has 0 fully saturated rings. The van der Waals surface area contributed by atoms with Gasteiger partial charge in [0.1, 0.15) is 12.4 Å². The molecule has 0 aliphatic carbocycles. The lowest BCUT2D eigenvalue weighted by atomic mass is 10.1. The zero-order chi connectivity index (χ0) is 20.5. The molecule has 0 saturated heterocycles. The van der Waals surface area contributed by atoms with Crippen LogP contribution in [0.3, 0.4) is 0 Å². The number of carbonyl (C=O) groups excluding carboxylic acids is 1. The molecular weight excluding hydrogens is 386 g/mol. The predicted octanol–water partition coefficient (Wildman–Crippen LogP) is 0.889. The van der Waals surface area contributed by atoms with Crippen molar-refractivity contribution in [2.24, 2.45) is 19.3 Å². The van der Waals surface area contributed by atoms with E-state index in [2.05, 4.69) is 5.16 Å². The monoisotopic (exact) mass is 400 g/mol. The zero-order valence-corrected chi connectivity index (χ0v) is 15.2. The standard InChI is InChI=1S/C15H14F2N4O5S/c1-7(18-25)6-26-12(22)8-4-11(10(17)5-9(8)16)21-13(23)19(2)15(27)20(3)14(21)24/h4-5,25H,6H2,1-3H3. The summed E-state index contributed by atoms with van der Waals surface area (Å²) in [5.41, 5.74) is -3.28. The van der Waals surface area contributed by atoms with E-state index in [9.17, 15) is 23.2 Å². The highest BCUT2D eigenvalue weighted by atomic mass is 32.1. The minimum absolute atomic E-state index is 0.0317. The summed E-state index contributed by atoms with van der Waals surface area (Å²) in [6.45, 7) is 0.905. The summed E-state index contributed by atoms with van der Waals surface area (Å²) in [7, 11) is 2.54. The van der Waals surface area contributed by atoms with Gasteiger partial charge >= 0.3 is 17.3 Å². The van der Waals surface area contributed by atoms with Gasteiger partial charge in [-0.05, 0) is 25.2 Å². The fourth-order valence-electron chi connectivity index (χ4n) is 2.12. The average Bonchev–Trinajstić information content (AvgIpc) is 2.64. The lowest BCUT2D eigenvalue weighted by Gasteiger charge is -2.12. The molecule has 12 heteroatoms. The van der Waals surface area contributed by atoms with Crippen molar-refractivity contribution < 1.29 is 23.5 Å². The maximum absolute atomic E-state index is 14.3. The van der Waals surface area contributed by atoms with Gasteiger partial charge in [-0.1, -0.05) is 5.16 Å². The van der Waals surface area contributed by atoms with E-state index < -0.39 is 46.8 Å². The molecule has 0 spiro atoms. The highest BCUT2D eigenvalue weighted by molar-refractivity contribution is 7.71. The summed E-state index contributed by atoms with van der Waals surface area (Å²) < 4.78 is 35.2. The Morgan fingerprint density at radius 1 is 1.19 bits per heavy atom. The molecule has 1 aromatic carbocycles. The van der Waals surface area contributed by atoms with Crippen LogP contribution in [0, 0.1) is 16.4 Å². The van der Waals surface area contributed by atoms with Gasteiger partial charge in [0, 0.05) is 20.2 Å². The van der Waals surface area contributed by atoms with Crippen molar-refractivity contribution in [1.82, 2.24) is 13.7 Å². The minimum Gasteiger partial charge on any atom is -0.456 e. The van der Waals surface area contributed by atoms with Gasteiger partial charge in [0.2, 0.25) is 0 Å². The molecule has 1 heterocycles. The number of carbonyl (C=O) groups is 1. The van der Waals surface area contributed by atoms with Gasteiger partial charge in [-0.3, -0.25) is 9.13 Å². The molecule has 1 N–H and O–H groups in total. The lowest BCUT2D eigenvalue weighted by molar-refractivity contribution is 0.0555. The zero-order valence-electron chi connectivity index (χ0n) is 14.4. The van der Waals surface area contributed by atoms with Crippen LogP contribution in [0.1, 0.15) is 17.3 Å². The topological polar surface area (TPSA) is 108 Å². The fourth-order valence-corrected chi connectivity index (χ4v) is 2.27. The Bertz CT molecular complexity index is 1090. The second-order valence-corrected chi connectivity index (χ2v) is 5.86. The first-order valence-electron chi connectivity index (χ1n) is 7.33. The number of halogens is 2. The van der Waals surface area contributed by atoms with Crippen molar-refractivity contribution in [3.05, 3.63) is 55.1 Å². The SMILES string of the molecule is CC(COC(=O)c1cc(-n2c(=O)n(C)c(=S)n(C)c2=O)c(F)cc1F)=NO. The van der Waals surface area contributed by atoms with E-state index >= 15 is 0 Å². The Balaban J connectivity index is 2.68. The second kappa shape index (κ2) is 7.61. The van der Waals surface area contributed by atoms with Crippen LogP contribution in [0.15, 0.2) is 26.9 Å². The van der Waals surface area contributed by atoms with Crippen LogP contribution >= 0.6 is 12.2 Å². The third-order valence-electron chi connectivity index (χ3n) is 3.61. The van der Waals surface area contributed by atoms with Gasteiger partial charge in [0.25, 0.3) is 0 Å². The van der Waals surface area contributed by atoms with Gasteiger partial charge in [-0.25, -0.2) is 27.7 Å². The Morgan fingerprint density at radius 2 is 1.74 bits per heavy atom. The molecule has 2 rings (SSSR count). The molecule has 0 aliphatic heterocycles. The molecule has 0 saturated carbocycles. The van der Waals surface area contributed by atoms with Crippen LogP contribution in [0.4, 0.5) is 8.78 Å². The first-order valence-corrected chi connectivity index (χ1v) is 7.74. The smallest absolute Gasteiger partial charge is 0.341 e.